The molecule has 71 heavy (non-hydrogen) atoms. The molecule has 15 heteroatoms. The van der Waals surface area contributed by atoms with Crippen LogP contribution in [0, 0.1) is 5.92 Å². The average molecular weight is 971 g/mol. The molecule has 364 valence electrons. The molecule has 3 heterocycles. The second-order valence-corrected chi connectivity index (χ2v) is 23.4. The zero-order chi connectivity index (χ0) is 49.9. The highest BCUT2D eigenvalue weighted by Crippen LogP contribution is 2.60. The predicted molar refractivity (Wildman–Crippen MR) is 276 cm³/mol. The molecule has 2 aliphatic rings. The number of nitrogens with zero attached hydrogens (tertiary/aromatic N) is 4. The molecule has 1 saturated heterocycles. The number of anilines is 3. The molecular formula is C56H58N6O8Si. The van der Waals surface area contributed by atoms with Gasteiger partial charge in [-0.3, -0.25) is 19.1 Å². The molecule has 3 N–H and O–H groups in total. The third-order valence-corrected chi connectivity index (χ3v) is 18.7. The maximum atomic E-state index is 15.8. The molecule has 1 unspecified atom stereocenters. The fourth-order valence-electron chi connectivity index (χ4n) is 10.5. The van der Waals surface area contributed by atoms with E-state index in [1.54, 1.807) is 79.4 Å². The van der Waals surface area contributed by atoms with Crippen LogP contribution in [0.2, 0.25) is 18.6 Å². The first-order valence-corrected chi connectivity index (χ1v) is 26.8. The molecule has 1 spiro atoms. The number of fused-ring (bicyclic) bond motifs is 2. The lowest BCUT2D eigenvalue weighted by Gasteiger charge is -2.37. The molecule has 6 aromatic carbocycles. The van der Waals surface area contributed by atoms with Crippen LogP contribution in [0.5, 0.6) is 17.2 Å². The first-order valence-electron chi connectivity index (χ1n) is 23.7. The Morgan fingerprint density at radius 1 is 0.761 bits per heavy atom. The molecule has 0 aliphatic carbocycles. The van der Waals surface area contributed by atoms with Gasteiger partial charge in [-0.15, -0.1) is 5.10 Å². The molecule has 2 aliphatic heterocycles. The Kier molecular flexibility index (Phi) is 13.9. The summed E-state index contributed by atoms with van der Waals surface area (Å²) in [6, 6.07) is 44.8. The van der Waals surface area contributed by atoms with Crippen molar-refractivity contribution in [2.45, 2.75) is 62.7 Å². The number of hydrogen-bond donors (Lipinski definition) is 3. The number of aromatic nitrogens is 3. The second kappa shape index (κ2) is 20.4. The van der Waals surface area contributed by atoms with E-state index in [2.05, 4.69) is 53.1 Å². The normalized spacial score (nSPS) is 18.8. The Bertz CT molecular complexity index is 3000. The van der Waals surface area contributed by atoms with Crippen LogP contribution in [0.15, 0.2) is 152 Å². The van der Waals surface area contributed by atoms with Gasteiger partial charge in [-0.2, -0.15) is 0 Å². The van der Waals surface area contributed by atoms with E-state index >= 15 is 4.79 Å². The van der Waals surface area contributed by atoms with Crippen LogP contribution >= 0.6 is 0 Å². The highest BCUT2D eigenvalue weighted by molar-refractivity contribution is 6.91. The van der Waals surface area contributed by atoms with Gasteiger partial charge in [-0.1, -0.05) is 85.0 Å². The Balaban J connectivity index is 1.07. The zero-order valence-electron chi connectivity index (χ0n) is 40.7. The summed E-state index contributed by atoms with van der Waals surface area (Å²) in [5.74, 6) is 0.613. The summed E-state index contributed by atoms with van der Waals surface area (Å²) < 4.78 is 25.4. The number of amides is 3. The van der Waals surface area contributed by atoms with Gasteiger partial charge in [0.2, 0.25) is 0 Å². The molecule has 9 rings (SSSR count). The topological polar surface area (TPSA) is 166 Å². The van der Waals surface area contributed by atoms with Gasteiger partial charge in [-0.25, -0.2) is 0 Å². The summed E-state index contributed by atoms with van der Waals surface area (Å²) >= 11 is 0. The minimum Gasteiger partial charge on any atom is -0.497 e. The van der Waals surface area contributed by atoms with Crippen molar-refractivity contribution in [2.75, 3.05) is 43.5 Å². The van der Waals surface area contributed by atoms with Gasteiger partial charge >= 0.3 is 0 Å². The summed E-state index contributed by atoms with van der Waals surface area (Å²) in [6.07, 6.45) is 1.99. The van der Waals surface area contributed by atoms with Crippen LogP contribution in [-0.2, 0) is 28.2 Å². The highest BCUT2D eigenvalue weighted by atomic mass is 28.3. The fourth-order valence-corrected chi connectivity index (χ4v) is 14.5. The van der Waals surface area contributed by atoms with E-state index in [0.717, 1.165) is 16.9 Å². The van der Waals surface area contributed by atoms with E-state index in [-0.39, 0.29) is 48.3 Å². The lowest BCUT2D eigenvalue weighted by atomic mass is 9.82. The molecule has 1 aromatic heterocycles. The standard InChI is InChI=1S/C56H58N6O8Si/c1-36-52(71(5,6)46-27-25-45(69-4)26-28-46)51(30-31-61-34-49(59-60-61)47(35-63)38-10-8-7-9-11-38)70-56(36)48-32-42(58-54(65)40-16-23-44(68-3)24-17-40)20-29-50(48)62(55(56)66)33-37-12-18-41(19-13-37)57-53(64)39-14-21-43(67-2)22-15-39/h7-29,32,34,36,47,51-52,63H,30-31,33,35H2,1-6H3,(H,57,64)(H,58,65)/t36-,47?,51+,52-,56+/m0/s1. The number of methoxy groups -OCH3 is 3. The fraction of sp³-hybridized carbons (Fsp3) is 0.268. The SMILES string of the molecule is COc1ccc(C(=O)Nc2ccc(CN3C(=O)[C@]4(O[C@H](CCn5cc(C(CO)c6ccccc6)nn5)[C@@H]([Si](C)(C)c5ccc(OC)cc5)[C@@H]4C)c4cc(NC(=O)c5ccc(OC)cc5)ccc43)cc2)cc1. The first kappa shape index (κ1) is 48.4. The lowest BCUT2D eigenvalue weighted by Crippen LogP contribution is -2.51. The smallest absolute Gasteiger partial charge is 0.264 e. The van der Waals surface area contributed by atoms with E-state index < -0.39 is 19.8 Å². The summed E-state index contributed by atoms with van der Waals surface area (Å²) in [7, 11) is 2.27. The number of rotatable bonds is 17. The Morgan fingerprint density at radius 3 is 1.90 bits per heavy atom. The molecule has 0 saturated carbocycles. The van der Waals surface area contributed by atoms with Crippen LogP contribution in [0.1, 0.15) is 62.4 Å². The third-order valence-electron chi connectivity index (χ3n) is 14.3. The summed E-state index contributed by atoms with van der Waals surface area (Å²) in [6.45, 7) is 7.35. The van der Waals surface area contributed by atoms with Crippen LogP contribution in [0.3, 0.4) is 0 Å². The van der Waals surface area contributed by atoms with Gasteiger partial charge in [0, 0.05) is 46.7 Å². The third kappa shape index (κ3) is 9.55. The van der Waals surface area contributed by atoms with E-state index in [4.69, 9.17) is 18.9 Å². The van der Waals surface area contributed by atoms with Gasteiger partial charge in [-0.05, 0) is 114 Å². The molecule has 0 radical (unpaired) electrons. The highest BCUT2D eigenvalue weighted by Gasteiger charge is 2.66. The molecule has 7 aromatic rings. The average Bonchev–Trinajstić information content (AvgIpc) is 4.06. The van der Waals surface area contributed by atoms with Gasteiger partial charge in [0.25, 0.3) is 17.7 Å². The summed E-state index contributed by atoms with van der Waals surface area (Å²) in [5, 5.41) is 26.7. The van der Waals surface area contributed by atoms with Gasteiger partial charge in [0.15, 0.2) is 5.60 Å². The molecular weight excluding hydrogens is 913 g/mol. The van der Waals surface area contributed by atoms with Crippen molar-refractivity contribution >= 4 is 48.0 Å². The van der Waals surface area contributed by atoms with E-state index in [1.807, 2.05) is 91.1 Å². The van der Waals surface area contributed by atoms with Crippen LogP contribution in [0.25, 0.3) is 0 Å². The van der Waals surface area contributed by atoms with Crippen molar-refractivity contribution in [3.63, 3.8) is 0 Å². The monoisotopic (exact) mass is 970 g/mol. The summed E-state index contributed by atoms with van der Waals surface area (Å²) in [5.41, 5.74) is 4.34. The minimum atomic E-state index is -2.54. The van der Waals surface area contributed by atoms with E-state index in [0.29, 0.717) is 63.9 Å². The molecule has 3 amide bonds. The number of nitrogens with one attached hydrogen (secondary N) is 2. The number of hydrogen-bond acceptors (Lipinski definition) is 10. The Hall–Kier alpha value is -7.59. The van der Waals surface area contributed by atoms with Crippen LogP contribution < -0.4 is 34.9 Å². The van der Waals surface area contributed by atoms with Crippen molar-refractivity contribution < 1.29 is 38.4 Å². The van der Waals surface area contributed by atoms with Gasteiger partial charge in [0.1, 0.15) is 17.2 Å². The zero-order valence-corrected chi connectivity index (χ0v) is 41.7. The molecule has 1 fully saturated rings. The van der Waals surface area contributed by atoms with Crippen molar-refractivity contribution in [1.29, 1.82) is 0 Å². The van der Waals surface area contributed by atoms with Crippen molar-refractivity contribution in [3.8, 4) is 17.2 Å². The number of aryl methyl sites for hydroxylation is 1. The van der Waals surface area contributed by atoms with Gasteiger partial charge in [0.05, 0.1) is 66.0 Å². The van der Waals surface area contributed by atoms with Crippen LogP contribution in [0.4, 0.5) is 17.1 Å². The number of carbonyl (C=O) groups excluding carboxylic acids is 3. The van der Waals surface area contributed by atoms with Crippen molar-refractivity contribution in [2.24, 2.45) is 5.92 Å². The lowest BCUT2D eigenvalue weighted by molar-refractivity contribution is -0.146. The Labute approximate surface area is 414 Å². The largest absolute Gasteiger partial charge is 0.497 e. The van der Waals surface area contributed by atoms with Crippen molar-refractivity contribution in [3.05, 3.63) is 185 Å². The van der Waals surface area contributed by atoms with E-state index in [9.17, 15) is 14.7 Å². The molecule has 0 bridgehead atoms. The minimum absolute atomic E-state index is 0.0868. The quantitative estimate of drug-likeness (QED) is 0.0751. The number of carbonyl (C=O) groups is 3. The maximum Gasteiger partial charge on any atom is 0.264 e. The van der Waals surface area contributed by atoms with E-state index in [1.165, 1.54) is 5.19 Å². The number of ether oxygens (including phenoxy) is 4. The maximum absolute atomic E-state index is 15.8. The number of aliphatic hydroxyl groups excluding tert-OH is 1. The Morgan fingerprint density at radius 2 is 1.32 bits per heavy atom. The number of benzene rings is 6. The first-order chi connectivity index (χ1) is 34.4. The van der Waals surface area contributed by atoms with Crippen LogP contribution in [-0.4, -0.2) is 79.9 Å². The van der Waals surface area contributed by atoms with Gasteiger partial charge < -0.3 is 39.6 Å². The van der Waals surface area contributed by atoms with Crippen molar-refractivity contribution in [1.82, 2.24) is 15.0 Å². The molecule has 14 nitrogen and oxygen atoms in total. The second-order valence-electron chi connectivity index (χ2n) is 18.7. The predicted octanol–water partition coefficient (Wildman–Crippen LogP) is 8.79. The molecule has 5 atom stereocenters. The summed E-state index contributed by atoms with van der Waals surface area (Å²) in [4.78, 5) is 44.4. The number of aliphatic hydroxyl groups is 1.